The summed E-state index contributed by atoms with van der Waals surface area (Å²) in [5.41, 5.74) is 0.242. The summed E-state index contributed by atoms with van der Waals surface area (Å²) in [6.45, 7) is -0.0492. The minimum Gasteiger partial charge on any atom is -0.462 e. The van der Waals surface area contributed by atoms with Crippen molar-refractivity contribution in [3.8, 4) is 23.1 Å². The first-order chi connectivity index (χ1) is 7.81. The summed E-state index contributed by atoms with van der Waals surface area (Å²) in [4.78, 5) is 15.5. The first kappa shape index (κ1) is 10.5. The molecule has 2 aromatic rings. The van der Waals surface area contributed by atoms with Crippen LogP contribution in [0.4, 0.5) is 0 Å². The summed E-state index contributed by atoms with van der Waals surface area (Å²) in [6.07, 6.45) is 6.53. The van der Waals surface area contributed by atoms with Gasteiger partial charge in [-0.1, -0.05) is 5.92 Å². The molecule has 0 N–H and O–H groups in total. The van der Waals surface area contributed by atoms with E-state index in [0.29, 0.717) is 10.8 Å². The lowest BCUT2D eigenvalue weighted by atomic mass is 10.4. The van der Waals surface area contributed by atoms with Crippen LogP contribution in [0.25, 0.3) is 10.8 Å². The number of esters is 1. The average molecular weight is 233 g/mol. The third-order valence-corrected chi connectivity index (χ3v) is 2.59. The number of hydrogen-bond donors (Lipinski definition) is 0. The van der Waals surface area contributed by atoms with Gasteiger partial charge in [0.1, 0.15) is 0 Å². The minimum atomic E-state index is -0.521. The topological polar surface area (TPSA) is 52.3 Å². The Morgan fingerprint density at radius 3 is 3.25 bits per heavy atom. The van der Waals surface area contributed by atoms with Crippen molar-refractivity contribution < 1.29 is 13.9 Å². The van der Waals surface area contributed by atoms with E-state index in [4.69, 9.17) is 15.6 Å². The normalized spacial score (nSPS) is 9.69. The number of terminal acetylenes is 1. The fourth-order valence-electron chi connectivity index (χ4n) is 1.06. The molecule has 0 radical (unpaired) electrons. The Labute approximate surface area is 95.9 Å². The van der Waals surface area contributed by atoms with Crippen LogP contribution in [0.3, 0.4) is 0 Å². The van der Waals surface area contributed by atoms with E-state index in [1.165, 1.54) is 11.3 Å². The Bertz CT molecular complexity index is 522. The molecule has 0 aromatic carbocycles. The quantitative estimate of drug-likeness (QED) is 0.602. The zero-order chi connectivity index (χ0) is 11.4. The molecule has 2 heterocycles. The second kappa shape index (κ2) is 4.64. The molecule has 0 spiro atoms. The highest BCUT2D eigenvalue weighted by Crippen LogP contribution is 2.24. The molecule has 4 nitrogen and oxygen atoms in total. The van der Waals surface area contributed by atoms with Crippen molar-refractivity contribution in [1.82, 2.24) is 4.98 Å². The highest BCUT2D eigenvalue weighted by atomic mass is 32.1. The molecule has 0 aliphatic rings. The minimum absolute atomic E-state index is 0.0492. The Morgan fingerprint density at radius 1 is 1.69 bits per heavy atom. The summed E-state index contributed by atoms with van der Waals surface area (Å²) in [5.74, 6) is 2.32. The highest BCUT2D eigenvalue weighted by molar-refractivity contribution is 7.13. The van der Waals surface area contributed by atoms with Crippen molar-refractivity contribution in [2.45, 2.75) is 0 Å². The molecular formula is C11H7NO3S. The number of carbonyl (C=O) groups excluding carboxylic acids is 1. The lowest BCUT2D eigenvalue weighted by molar-refractivity contribution is 0.0551. The van der Waals surface area contributed by atoms with Crippen LogP contribution < -0.4 is 0 Å². The Morgan fingerprint density at radius 2 is 2.56 bits per heavy atom. The fraction of sp³-hybridized carbons (Fsp3) is 0.0909. The number of aromatic nitrogens is 1. The molecule has 0 aliphatic carbocycles. The van der Waals surface area contributed by atoms with Crippen LogP contribution in [0.5, 0.6) is 0 Å². The van der Waals surface area contributed by atoms with Crippen LogP contribution in [0.2, 0.25) is 0 Å². The van der Waals surface area contributed by atoms with Crippen LogP contribution in [0.15, 0.2) is 28.2 Å². The lowest BCUT2D eigenvalue weighted by Gasteiger charge is -1.95. The van der Waals surface area contributed by atoms with Gasteiger partial charge in [-0.3, -0.25) is 0 Å². The van der Waals surface area contributed by atoms with E-state index in [-0.39, 0.29) is 12.3 Å². The van der Waals surface area contributed by atoms with E-state index < -0.39 is 5.97 Å². The van der Waals surface area contributed by atoms with Gasteiger partial charge in [0.15, 0.2) is 23.1 Å². The summed E-state index contributed by atoms with van der Waals surface area (Å²) in [5, 5.41) is 2.24. The molecule has 16 heavy (non-hydrogen) atoms. The predicted molar refractivity (Wildman–Crippen MR) is 58.9 cm³/mol. The highest BCUT2D eigenvalue weighted by Gasteiger charge is 2.13. The first-order valence-corrected chi connectivity index (χ1v) is 5.29. The third-order valence-electron chi connectivity index (χ3n) is 1.73. The maximum absolute atomic E-state index is 11.4. The molecule has 2 rings (SSSR count). The van der Waals surface area contributed by atoms with Crippen molar-refractivity contribution in [2.24, 2.45) is 0 Å². The predicted octanol–water partition coefficient (Wildman–Crippen LogP) is 2.19. The van der Waals surface area contributed by atoms with E-state index in [1.807, 2.05) is 0 Å². The molecule has 0 atom stereocenters. The standard InChI is InChI=1S/C11H7NO3S/c1-2-5-15-11(13)8-7-16-10(12-8)9-4-3-6-14-9/h1,3-4,6-7H,5H2. The molecule has 0 amide bonds. The lowest BCUT2D eigenvalue weighted by Crippen LogP contribution is -2.05. The van der Waals surface area contributed by atoms with Crippen molar-refractivity contribution in [3.63, 3.8) is 0 Å². The van der Waals surface area contributed by atoms with E-state index in [2.05, 4.69) is 10.9 Å². The van der Waals surface area contributed by atoms with Gasteiger partial charge < -0.3 is 9.15 Å². The second-order valence-corrected chi connectivity index (χ2v) is 3.65. The van der Waals surface area contributed by atoms with Crippen molar-refractivity contribution in [3.05, 3.63) is 29.5 Å². The third kappa shape index (κ3) is 2.12. The van der Waals surface area contributed by atoms with Crippen molar-refractivity contribution in [1.29, 1.82) is 0 Å². The van der Waals surface area contributed by atoms with E-state index in [1.54, 1.807) is 23.8 Å². The van der Waals surface area contributed by atoms with E-state index in [0.717, 1.165) is 0 Å². The Hall–Kier alpha value is -2.06. The summed E-state index contributed by atoms with van der Waals surface area (Å²) in [7, 11) is 0. The van der Waals surface area contributed by atoms with Gasteiger partial charge >= 0.3 is 5.97 Å². The Balaban J connectivity index is 2.14. The fourth-order valence-corrected chi connectivity index (χ4v) is 1.82. The molecule has 2 aromatic heterocycles. The average Bonchev–Trinajstić information content (AvgIpc) is 2.94. The van der Waals surface area contributed by atoms with Crippen LogP contribution in [-0.4, -0.2) is 17.6 Å². The van der Waals surface area contributed by atoms with E-state index >= 15 is 0 Å². The molecule has 5 heteroatoms. The maximum atomic E-state index is 11.4. The van der Waals surface area contributed by atoms with Crippen LogP contribution in [0, 0.1) is 12.3 Å². The van der Waals surface area contributed by atoms with Crippen LogP contribution in [0.1, 0.15) is 10.5 Å². The number of rotatable bonds is 3. The van der Waals surface area contributed by atoms with Crippen LogP contribution in [-0.2, 0) is 4.74 Å². The molecule has 0 saturated heterocycles. The van der Waals surface area contributed by atoms with Gasteiger partial charge in [-0.2, -0.15) is 0 Å². The molecule has 0 saturated carbocycles. The number of carbonyl (C=O) groups is 1. The maximum Gasteiger partial charge on any atom is 0.358 e. The largest absolute Gasteiger partial charge is 0.462 e. The summed E-state index contributed by atoms with van der Waals surface area (Å²) in [6, 6.07) is 3.53. The SMILES string of the molecule is C#CCOC(=O)c1csc(-c2ccco2)n1. The second-order valence-electron chi connectivity index (χ2n) is 2.80. The van der Waals surface area contributed by atoms with Gasteiger partial charge in [0, 0.05) is 5.38 Å². The number of furan rings is 1. The van der Waals surface area contributed by atoms with Gasteiger partial charge in [0.2, 0.25) is 0 Å². The monoisotopic (exact) mass is 233 g/mol. The number of nitrogens with zero attached hydrogens (tertiary/aromatic N) is 1. The number of ether oxygens (including phenoxy) is 1. The smallest absolute Gasteiger partial charge is 0.358 e. The van der Waals surface area contributed by atoms with Gasteiger partial charge in [-0.05, 0) is 12.1 Å². The zero-order valence-electron chi connectivity index (χ0n) is 8.17. The molecule has 80 valence electrons. The molecule has 0 aliphatic heterocycles. The molecular weight excluding hydrogens is 226 g/mol. The molecule has 0 unspecified atom stereocenters. The number of thiazole rings is 1. The van der Waals surface area contributed by atoms with Crippen molar-refractivity contribution >= 4 is 17.3 Å². The first-order valence-electron chi connectivity index (χ1n) is 4.41. The molecule has 0 fully saturated rings. The zero-order valence-corrected chi connectivity index (χ0v) is 8.99. The molecule has 0 bridgehead atoms. The van der Waals surface area contributed by atoms with E-state index in [9.17, 15) is 4.79 Å². The van der Waals surface area contributed by atoms with Gasteiger partial charge in [0.05, 0.1) is 6.26 Å². The van der Waals surface area contributed by atoms with Gasteiger partial charge in [-0.25, -0.2) is 9.78 Å². The Kier molecular flexibility index (Phi) is 3.03. The van der Waals surface area contributed by atoms with Gasteiger partial charge in [-0.15, -0.1) is 17.8 Å². The summed E-state index contributed by atoms with van der Waals surface area (Å²) >= 11 is 1.31. The van der Waals surface area contributed by atoms with Gasteiger partial charge in [0.25, 0.3) is 0 Å². The van der Waals surface area contributed by atoms with Crippen LogP contribution >= 0.6 is 11.3 Å². The van der Waals surface area contributed by atoms with Crippen molar-refractivity contribution in [2.75, 3.05) is 6.61 Å². The number of hydrogen-bond acceptors (Lipinski definition) is 5. The summed E-state index contributed by atoms with van der Waals surface area (Å²) < 4.78 is 9.90.